The SMILES string of the molecule is CC(C)CC1CSC(Nc2ccsc2)=N1. The van der Waals surface area contributed by atoms with E-state index in [4.69, 9.17) is 0 Å². The van der Waals surface area contributed by atoms with E-state index in [0.717, 1.165) is 22.5 Å². The molecule has 2 rings (SSSR count). The first-order valence-electron chi connectivity index (χ1n) is 5.24. The van der Waals surface area contributed by atoms with Crippen molar-refractivity contribution in [2.45, 2.75) is 26.3 Å². The second-order valence-electron chi connectivity index (χ2n) is 4.17. The summed E-state index contributed by atoms with van der Waals surface area (Å²) < 4.78 is 0. The second-order valence-corrected chi connectivity index (χ2v) is 5.95. The average Bonchev–Trinajstić information content (AvgIpc) is 2.77. The van der Waals surface area contributed by atoms with Crippen LogP contribution in [0.25, 0.3) is 0 Å². The number of aliphatic imine (C=N–C) groups is 1. The lowest BCUT2D eigenvalue weighted by Crippen LogP contribution is -2.07. The van der Waals surface area contributed by atoms with Gasteiger partial charge in [-0.15, -0.1) is 0 Å². The summed E-state index contributed by atoms with van der Waals surface area (Å²) in [6.45, 7) is 4.51. The van der Waals surface area contributed by atoms with Crippen LogP contribution in [-0.2, 0) is 0 Å². The molecule has 0 aromatic carbocycles. The van der Waals surface area contributed by atoms with Crippen molar-refractivity contribution in [2.24, 2.45) is 10.9 Å². The number of nitrogens with zero attached hydrogens (tertiary/aromatic N) is 1. The summed E-state index contributed by atoms with van der Waals surface area (Å²) in [5, 5.41) is 8.62. The molecule has 0 bridgehead atoms. The fraction of sp³-hybridized carbons (Fsp3) is 0.545. The molecule has 82 valence electrons. The van der Waals surface area contributed by atoms with Crippen molar-refractivity contribution in [2.75, 3.05) is 11.1 Å². The van der Waals surface area contributed by atoms with Crippen LogP contribution < -0.4 is 5.32 Å². The van der Waals surface area contributed by atoms with Crippen LogP contribution in [0.2, 0.25) is 0 Å². The largest absolute Gasteiger partial charge is 0.334 e. The maximum atomic E-state index is 4.68. The number of rotatable bonds is 3. The molecule has 0 spiro atoms. The molecule has 1 aromatic heterocycles. The van der Waals surface area contributed by atoms with Crippen molar-refractivity contribution >= 4 is 34.0 Å². The van der Waals surface area contributed by atoms with Gasteiger partial charge in [0, 0.05) is 11.1 Å². The molecule has 1 aromatic rings. The van der Waals surface area contributed by atoms with Gasteiger partial charge in [0.15, 0.2) is 5.17 Å². The molecule has 15 heavy (non-hydrogen) atoms. The van der Waals surface area contributed by atoms with Gasteiger partial charge in [0.2, 0.25) is 0 Å². The van der Waals surface area contributed by atoms with Gasteiger partial charge in [-0.1, -0.05) is 25.6 Å². The summed E-state index contributed by atoms with van der Waals surface area (Å²) in [7, 11) is 0. The van der Waals surface area contributed by atoms with Crippen molar-refractivity contribution in [1.82, 2.24) is 0 Å². The zero-order valence-corrected chi connectivity index (χ0v) is 10.7. The molecular formula is C11H16N2S2. The molecule has 2 nitrogen and oxygen atoms in total. The molecule has 1 aliphatic rings. The monoisotopic (exact) mass is 240 g/mol. The van der Waals surface area contributed by atoms with Crippen LogP contribution in [0.3, 0.4) is 0 Å². The highest BCUT2D eigenvalue weighted by Gasteiger charge is 2.19. The molecule has 0 saturated carbocycles. The van der Waals surface area contributed by atoms with E-state index >= 15 is 0 Å². The third-order valence-electron chi connectivity index (χ3n) is 2.23. The smallest absolute Gasteiger partial charge is 0.161 e. The van der Waals surface area contributed by atoms with Crippen molar-refractivity contribution in [3.05, 3.63) is 16.8 Å². The lowest BCUT2D eigenvalue weighted by Gasteiger charge is -2.07. The Kier molecular flexibility index (Phi) is 3.70. The van der Waals surface area contributed by atoms with Gasteiger partial charge in [-0.2, -0.15) is 11.3 Å². The first-order valence-corrected chi connectivity index (χ1v) is 7.16. The molecule has 0 saturated heterocycles. The summed E-state index contributed by atoms with van der Waals surface area (Å²) in [4.78, 5) is 4.68. The predicted octanol–water partition coefficient (Wildman–Crippen LogP) is 3.68. The van der Waals surface area contributed by atoms with Gasteiger partial charge >= 0.3 is 0 Å². The summed E-state index contributed by atoms with van der Waals surface area (Å²) in [5.41, 5.74) is 1.16. The lowest BCUT2D eigenvalue weighted by atomic mass is 10.1. The first-order chi connectivity index (χ1) is 7.24. The molecular weight excluding hydrogens is 224 g/mol. The van der Waals surface area contributed by atoms with Crippen LogP contribution in [0.1, 0.15) is 20.3 Å². The molecule has 0 fully saturated rings. The Hall–Kier alpha value is -0.480. The molecule has 4 heteroatoms. The third kappa shape index (κ3) is 3.24. The number of thioether (sulfide) groups is 1. The molecule has 1 atom stereocenters. The van der Waals surface area contributed by atoms with Gasteiger partial charge < -0.3 is 5.32 Å². The van der Waals surface area contributed by atoms with Gasteiger partial charge in [-0.25, -0.2) is 0 Å². The summed E-state index contributed by atoms with van der Waals surface area (Å²) in [5.74, 6) is 1.87. The molecule has 0 aliphatic carbocycles. The van der Waals surface area contributed by atoms with Gasteiger partial charge in [0.25, 0.3) is 0 Å². The summed E-state index contributed by atoms with van der Waals surface area (Å²) >= 11 is 3.54. The number of nitrogens with one attached hydrogen (secondary N) is 1. The van der Waals surface area contributed by atoms with Crippen molar-refractivity contribution in [3.63, 3.8) is 0 Å². The minimum absolute atomic E-state index is 0.510. The highest BCUT2D eigenvalue weighted by molar-refractivity contribution is 8.14. The third-order valence-corrected chi connectivity index (χ3v) is 3.94. The van der Waals surface area contributed by atoms with Crippen LogP contribution in [0.4, 0.5) is 5.69 Å². The Morgan fingerprint density at radius 3 is 3.13 bits per heavy atom. The molecule has 0 radical (unpaired) electrons. The van der Waals surface area contributed by atoms with E-state index in [0.29, 0.717) is 6.04 Å². The minimum Gasteiger partial charge on any atom is -0.334 e. The Labute approximate surface area is 99.2 Å². The van der Waals surface area contributed by atoms with Gasteiger partial charge in [-0.05, 0) is 23.8 Å². The fourth-order valence-electron chi connectivity index (χ4n) is 1.61. The molecule has 2 heterocycles. The number of anilines is 1. The number of amidine groups is 1. The normalized spacial score (nSPS) is 20.7. The van der Waals surface area contributed by atoms with Crippen molar-refractivity contribution in [3.8, 4) is 0 Å². The Balaban J connectivity index is 1.89. The highest BCUT2D eigenvalue weighted by Crippen LogP contribution is 2.24. The number of hydrogen-bond acceptors (Lipinski definition) is 4. The summed E-state index contributed by atoms with van der Waals surface area (Å²) in [6.07, 6.45) is 1.20. The van der Waals surface area contributed by atoms with Crippen molar-refractivity contribution in [1.29, 1.82) is 0 Å². The maximum Gasteiger partial charge on any atom is 0.161 e. The molecule has 1 unspecified atom stereocenters. The second kappa shape index (κ2) is 5.03. The van der Waals surface area contributed by atoms with Crippen LogP contribution >= 0.6 is 23.1 Å². The molecule has 1 aliphatic heterocycles. The standard InChI is InChI=1S/C11H16N2S2/c1-8(2)5-10-7-15-11(13-10)12-9-3-4-14-6-9/h3-4,6,8,10H,5,7H2,1-2H3,(H,12,13). The zero-order chi connectivity index (χ0) is 10.7. The van der Waals surface area contributed by atoms with Crippen LogP contribution in [0, 0.1) is 5.92 Å². The van der Waals surface area contributed by atoms with Crippen LogP contribution in [0.5, 0.6) is 0 Å². The van der Waals surface area contributed by atoms with E-state index in [9.17, 15) is 0 Å². The molecule has 1 N–H and O–H groups in total. The summed E-state index contributed by atoms with van der Waals surface area (Å²) in [6, 6.07) is 2.60. The topological polar surface area (TPSA) is 24.4 Å². The fourth-order valence-corrected chi connectivity index (χ4v) is 3.17. The van der Waals surface area contributed by atoms with Crippen LogP contribution in [-0.4, -0.2) is 17.0 Å². The average molecular weight is 240 g/mol. The maximum absolute atomic E-state index is 4.68. The van der Waals surface area contributed by atoms with Crippen molar-refractivity contribution < 1.29 is 0 Å². The number of thiophene rings is 1. The Bertz CT molecular complexity index is 330. The quantitative estimate of drug-likeness (QED) is 0.871. The Morgan fingerprint density at radius 2 is 2.47 bits per heavy atom. The van der Waals surface area contributed by atoms with Gasteiger partial charge in [0.05, 0.1) is 11.7 Å². The highest BCUT2D eigenvalue weighted by atomic mass is 32.2. The Morgan fingerprint density at radius 1 is 1.60 bits per heavy atom. The van der Waals surface area contributed by atoms with Crippen LogP contribution in [0.15, 0.2) is 21.8 Å². The van der Waals surface area contributed by atoms with Gasteiger partial charge in [-0.3, -0.25) is 4.99 Å². The van der Waals surface area contributed by atoms with E-state index < -0.39 is 0 Å². The van der Waals surface area contributed by atoms with E-state index in [-0.39, 0.29) is 0 Å². The number of hydrogen-bond donors (Lipinski definition) is 1. The zero-order valence-electron chi connectivity index (χ0n) is 9.06. The van der Waals surface area contributed by atoms with E-state index in [2.05, 4.69) is 41.0 Å². The molecule has 0 amide bonds. The van der Waals surface area contributed by atoms with E-state index in [1.54, 1.807) is 11.3 Å². The predicted molar refractivity (Wildman–Crippen MR) is 71.1 cm³/mol. The minimum atomic E-state index is 0.510. The van der Waals surface area contributed by atoms with E-state index in [1.807, 2.05) is 11.8 Å². The first kappa shape index (κ1) is 11.0. The lowest BCUT2D eigenvalue weighted by molar-refractivity contribution is 0.529. The van der Waals surface area contributed by atoms with Gasteiger partial charge in [0.1, 0.15) is 0 Å². The van der Waals surface area contributed by atoms with E-state index in [1.165, 1.54) is 6.42 Å².